The normalized spacial score (nSPS) is 35.1. The molecule has 3 fully saturated rings. The van der Waals surface area contributed by atoms with Crippen molar-refractivity contribution in [3.63, 3.8) is 0 Å². The molecule has 0 bridgehead atoms. The summed E-state index contributed by atoms with van der Waals surface area (Å²) in [6.45, 7) is 4.45. The van der Waals surface area contributed by atoms with Crippen molar-refractivity contribution in [3.8, 4) is 0 Å². The lowest BCUT2D eigenvalue weighted by Crippen LogP contribution is -2.31. The lowest BCUT2D eigenvalue weighted by molar-refractivity contribution is -0.151. The third kappa shape index (κ3) is 7.56. The van der Waals surface area contributed by atoms with Crippen LogP contribution in [0.5, 0.6) is 0 Å². The zero-order valence-corrected chi connectivity index (χ0v) is 20.2. The molecule has 2 nitrogen and oxygen atoms in total. The Labute approximate surface area is 187 Å². The van der Waals surface area contributed by atoms with Crippen molar-refractivity contribution in [1.82, 2.24) is 0 Å². The average molecular weight is 419 g/mol. The van der Waals surface area contributed by atoms with Gasteiger partial charge in [-0.25, -0.2) is 0 Å². The minimum Gasteiger partial charge on any atom is -0.462 e. The molecule has 0 aromatic rings. The Kier molecular flexibility index (Phi) is 10.5. The first kappa shape index (κ1) is 24.1. The molecule has 0 radical (unpaired) electrons. The molecule has 0 spiro atoms. The van der Waals surface area contributed by atoms with Gasteiger partial charge in [0.1, 0.15) is 6.10 Å². The Balaban J connectivity index is 1.29. The number of carbonyl (C=O) groups is 1. The van der Waals surface area contributed by atoms with Crippen LogP contribution in [0.2, 0.25) is 0 Å². The summed E-state index contributed by atoms with van der Waals surface area (Å²) in [5.41, 5.74) is 0. The maximum Gasteiger partial charge on any atom is 0.306 e. The Hall–Kier alpha value is -0.530. The summed E-state index contributed by atoms with van der Waals surface area (Å²) in [7, 11) is 0. The molecule has 0 saturated heterocycles. The molecule has 0 aliphatic heterocycles. The minimum absolute atomic E-state index is 0.0425. The maximum atomic E-state index is 11.9. The van der Waals surface area contributed by atoms with E-state index in [0.717, 1.165) is 55.3 Å². The molecule has 2 heteroatoms. The van der Waals surface area contributed by atoms with Crippen LogP contribution in [0.25, 0.3) is 0 Å². The maximum absolute atomic E-state index is 11.9. The minimum atomic E-state index is 0.0425. The van der Waals surface area contributed by atoms with Gasteiger partial charge in [-0.3, -0.25) is 4.79 Å². The van der Waals surface area contributed by atoms with Gasteiger partial charge in [-0.05, 0) is 100 Å². The summed E-state index contributed by atoms with van der Waals surface area (Å²) in [4.78, 5) is 11.9. The van der Waals surface area contributed by atoms with Crippen LogP contribution in [0.3, 0.4) is 0 Å². The first-order chi connectivity index (χ1) is 14.7. The molecule has 3 rings (SSSR count). The number of ether oxygens (including phenoxy) is 1. The van der Waals surface area contributed by atoms with Crippen molar-refractivity contribution in [2.75, 3.05) is 0 Å². The van der Waals surface area contributed by atoms with E-state index in [1.165, 1.54) is 89.9 Å². The standard InChI is InChI=1S/C28H50O2/c1-3-5-7-8-22-10-12-23(13-11-22)24-14-16-25(17-15-24)26-18-20-27(21-19-26)30-28(29)9-6-4-2/h22-27H,3-21H2,1-2H3/t22-,23-,24-,25-,26-,27-. The molecule has 0 unspecified atom stereocenters. The van der Waals surface area contributed by atoms with Crippen LogP contribution in [0.1, 0.15) is 136 Å². The van der Waals surface area contributed by atoms with E-state index in [9.17, 15) is 4.79 Å². The molecular weight excluding hydrogens is 368 g/mol. The van der Waals surface area contributed by atoms with Crippen molar-refractivity contribution in [2.45, 2.75) is 142 Å². The predicted octanol–water partition coefficient (Wildman–Crippen LogP) is 8.47. The van der Waals surface area contributed by atoms with Gasteiger partial charge in [-0.1, -0.05) is 58.8 Å². The predicted molar refractivity (Wildman–Crippen MR) is 126 cm³/mol. The summed E-state index contributed by atoms with van der Waals surface area (Å²) < 4.78 is 5.73. The zero-order valence-electron chi connectivity index (χ0n) is 20.2. The molecule has 3 saturated carbocycles. The van der Waals surface area contributed by atoms with E-state index in [4.69, 9.17) is 4.74 Å². The quantitative estimate of drug-likeness (QED) is 0.263. The highest BCUT2D eigenvalue weighted by Crippen LogP contribution is 2.46. The fraction of sp³-hybridized carbons (Fsp3) is 0.964. The Morgan fingerprint density at radius 1 is 0.633 bits per heavy atom. The topological polar surface area (TPSA) is 26.3 Å². The van der Waals surface area contributed by atoms with E-state index in [1.807, 2.05) is 0 Å². The van der Waals surface area contributed by atoms with Crippen LogP contribution >= 0.6 is 0 Å². The van der Waals surface area contributed by atoms with Crippen LogP contribution in [-0.4, -0.2) is 12.1 Å². The fourth-order valence-electron chi connectivity index (χ4n) is 6.96. The average Bonchev–Trinajstić information content (AvgIpc) is 2.79. The van der Waals surface area contributed by atoms with Gasteiger partial charge in [0.15, 0.2) is 0 Å². The van der Waals surface area contributed by atoms with E-state index >= 15 is 0 Å². The Bertz CT molecular complexity index is 463. The van der Waals surface area contributed by atoms with Gasteiger partial charge in [-0.15, -0.1) is 0 Å². The third-order valence-electron chi connectivity index (χ3n) is 9.01. The van der Waals surface area contributed by atoms with Gasteiger partial charge in [0, 0.05) is 6.42 Å². The lowest BCUT2D eigenvalue weighted by Gasteiger charge is -2.41. The van der Waals surface area contributed by atoms with E-state index in [2.05, 4.69) is 13.8 Å². The molecule has 174 valence electrons. The molecule has 0 aromatic heterocycles. The summed E-state index contributed by atoms with van der Waals surface area (Å²) in [5.74, 6) is 5.05. The number of esters is 1. The van der Waals surface area contributed by atoms with Crippen LogP contribution in [0, 0.1) is 29.6 Å². The Morgan fingerprint density at radius 3 is 1.60 bits per heavy atom. The van der Waals surface area contributed by atoms with Crippen LogP contribution in [-0.2, 0) is 9.53 Å². The van der Waals surface area contributed by atoms with Crippen molar-refractivity contribution < 1.29 is 9.53 Å². The Morgan fingerprint density at radius 2 is 1.10 bits per heavy atom. The van der Waals surface area contributed by atoms with Crippen LogP contribution in [0.15, 0.2) is 0 Å². The molecule has 30 heavy (non-hydrogen) atoms. The number of hydrogen-bond donors (Lipinski definition) is 0. The number of unbranched alkanes of at least 4 members (excludes halogenated alkanes) is 3. The number of rotatable bonds is 10. The first-order valence-electron chi connectivity index (χ1n) is 13.9. The van der Waals surface area contributed by atoms with E-state index < -0.39 is 0 Å². The molecule has 0 aromatic carbocycles. The second-order valence-electron chi connectivity index (χ2n) is 11.1. The van der Waals surface area contributed by atoms with E-state index in [1.54, 1.807) is 0 Å². The molecule has 0 atom stereocenters. The van der Waals surface area contributed by atoms with Crippen molar-refractivity contribution in [1.29, 1.82) is 0 Å². The largest absolute Gasteiger partial charge is 0.462 e. The fourth-order valence-corrected chi connectivity index (χ4v) is 6.96. The summed E-state index contributed by atoms with van der Waals surface area (Å²) in [5, 5.41) is 0. The second kappa shape index (κ2) is 13.1. The van der Waals surface area contributed by atoms with Crippen LogP contribution < -0.4 is 0 Å². The SMILES string of the molecule is CCCCC[C@H]1CC[C@H]([C@H]2CC[C@H]([C@H]3CC[C@H](OC(=O)CCCC)CC3)CC2)CC1. The van der Waals surface area contributed by atoms with Crippen molar-refractivity contribution in [3.05, 3.63) is 0 Å². The molecule has 3 aliphatic rings. The van der Waals surface area contributed by atoms with Crippen molar-refractivity contribution >= 4 is 5.97 Å². The van der Waals surface area contributed by atoms with Gasteiger partial charge in [0.05, 0.1) is 0 Å². The van der Waals surface area contributed by atoms with Crippen LogP contribution in [0.4, 0.5) is 0 Å². The molecule has 0 heterocycles. The molecule has 3 aliphatic carbocycles. The highest BCUT2D eigenvalue weighted by molar-refractivity contribution is 5.69. The van der Waals surface area contributed by atoms with Gasteiger partial charge in [-0.2, -0.15) is 0 Å². The zero-order chi connectivity index (χ0) is 21.2. The lowest BCUT2D eigenvalue weighted by atomic mass is 9.65. The van der Waals surface area contributed by atoms with Gasteiger partial charge < -0.3 is 4.74 Å². The van der Waals surface area contributed by atoms with Crippen molar-refractivity contribution in [2.24, 2.45) is 29.6 Å². The van der Waals surface area contributed by atoms with Gasteiger partial charge in [0.25, 0.3) is 0 Å². The number of hydrogen-bond acceptors (Lipinski definition) is 2. The summed E-state index contributed by atoms with van der Waals surface area (Å²) in [6.07, 6.45) is 25.5. The molecule has 0 N–H and O–H groups in total. The van der Waals surface area contributed by atoms with E-state index in [-0.39, 0.29) is 12.1 Å². The first-order valence-corrected chi connectivity index (χ1v) is 13.9. The molecule has 0 amide bonds. The summed E-state index contributed by atoms with van der Waals surface area (Å²) >= 11 is 0. The third-order valence-corrected chi connectivity index (χ3v) is 9.01. The number of carbonyl (C=O) groups excluding carboxylic acids is 1. The smallest absolute Gasteiger partial charge is 0.306 e. The monoisotopic (exact) mass is 418 g/mol. The highest BCUT2D eigenvalue weighted by Gasteiger charge is 2.35. The summed E-state index contributed by atoms with van der Waals surface area (Å²) in [6, 6.07) is 0. The van der Waals surface area contributed by atoms with Gasteiger partial charge in [0.2, 0.25) is 0 Å². The molecular formula is C28H50O2. The van der Waals surface area contributed by atoms with Gasteiger partial charge >= 0.3 is 5.97 Å². The van der Waals surface area contributed by atoms with E-state index in [0.29, 0.717) is 6.42 Å². The highest BCUT2D eigenvalue weighted by atomic mass is 16.5. The second-order valence-corrected chi connectivity index (χ2v) is 11.1.